The van der Waals surface area contributed by atoms with Gasteiger partial charge in [-0.15, -0.1) is 0 Å². The van der Waals surface area contributed by atoms with Crippen LogP contribution in [0.3, 0.4) is 0 Å². The van der Waals surface area contributed by atoms with E-state index in [1.165, 1.54) is 10.8 Å². The molecule has 2 aromatic rings. The van der Waals surface area contributed by atoms with Crippen LogP contribution in [0.15, 0.2) is 24.5 Å². The van der Waals surface area contributed by atoms with Gasteiger partial charge in [-0.3, -0.25) is 4.79 Å². The van der Waals surface area contributed by atoms with Gasteiger partial charge in [0.1, 0.15) is 17.5 Å². The Kier molecular flexibility index (Phi) is 3.69. The molecule has 0 aliphatic carbocycles. The molecule has 0 aliphatic rings. The van der Waals surface area contributed by atoms with Crippen LogP contribution < -0.4 is 0 Å². The monoisotopic (exact) mass is 268 g/mol. The van der Waals surface area contributed by atoms with Gasteiger partial charge in [0.2, 0.25) is 5.78 Å². The number of aromatic nitrogens is 2. The van der Waals surface area contributed by atoms with E-state index in [2.05, 4.69) is 4.98 Å². The lowest BCUT2D eigenvalue weighted by atomic mass is 10.1. The molecule has 100 valence electrons. The molecule has 0 radical (unpaired) electrons. The molecule has 0 unspecified atom stereocenters. The van der Waals surface area contributed by atoms with Gasteiger partial charge in [0.25, 0.3) is 0 Å². The molecule has 3 nitrogen and oxygen atoms in total. The van der Waals surface area contributed by atoms with Crippen molar-refractivity contribution in [2.24, 2.45) is 0 Å². The fraction of sp³-hybridized carbons (Fsp3) is 0.231. The largest absolute Gasteiger partial charge is 0.328 e. The smallest absolute Gasteiger partial charge is 0.234 e. The maximum atomic E-state index is 13.5. The average Bonchev–Trinajstić information content (AvgIpc) is 2.76. The molecule has 19 heavy (non-hydrogen) atoms. The number of benzene rings is 1. The van der Waals surface area contributed by atoms with Crippen molar-refractivity contribution in [1.29, 1.82) is 0 Å². The molecule has 0 saturated heterocycles. The number of carbonyl (C=O) groups excluding carboxylic acids is 1. The molecule has 1 heterocycles. The zero-order chi connectivity index (χ0) is 14.0. The summed E-state index contributed by atoms with van der Waals surface area (Å²) >= 11 is 0. The van der Waals surface area contributed by atoms with Gasteiger partial charge in [-0.2, -0.15) is 0 Å². The van der Waals surface area contributed by atoms with Gasteiger partial charge in [-0.1, -0.05) is 6.92 Å². The van der Waals surface area contributed by atoms with E-state index in [9.17, 15) is 18.0 Å². The zero-order valence-electron chi connectivity index (χ0n) is 10.2. The van der Waals surface area contributed by atoms with Gasteiger partial charge in [0, 0.05) is 31.1 Å². The van der Waals surface area contributed by atoms with Crippen molar-refractivity contribution in [3.8, 4) is 0 Å². The van der Waals surface area contributed by atoms with Crippen molar-refractivity contribution < 1.29 is 18.0 Å². The highest BCUT2D eigenvalue weighted by Crippen LogP contribution is 2.18. The highest BCUT2D eigenvalue weighted by molar-refractivity contribution is 6.07. The number of ketones is 1. The lowest BCUT2D eigenvalue weighted by molar-refractivity contribution is 0.101. The van der Waals surface area contributed by atoms with Gasteiger partial charge in [-0.25, -0.2) is 18.2 Å². The second-order valence-corrected chi connectivity index (χ2v) is 4.02. The predicted octanol–water partition coefficient (Wildman–Crippen LogP) is 2.94. The molecule has 0 aliphatic heterocycles. The van der Waals surface area contributed by atoms with E-state index in [1.54, 1.807) is 6.20 Å². The Balaban J connectivity index is 2.47. The van der Waals surface area contributed by atoms with E-state index in [4.69, 9.17) is 0 Å². The van der Waals surface area contributed by atoms with E-state index in [0.29, 0.717) is 18.7 Å². The number of imidazole rings is 1. The minimum atomic E-state index is -1.23. The summed E-state index contributed by atoms with van der Waals surface area (Å²) in [6.07, 6.45) is 3.67. The zero-order valence-corrected chi connectivity index (χ0v) is 10.2. The number of hydrogen-bond donors (Lipinski definition) is 0. The molecule has 0 spiro atoms. The Hall–Kier alpha value is -2.11. The second kappa shape index (κ2) is 5.26. The van der Waals surface area contributed by atoms with E-state index in [-0.39, 0.29) is 5.82 Å². The number of rotatable bonds is 4. The third-order valence-electron chi connectivity index (χ3n) is 2.62. The van der Waals surface area contributed by atoms with Crippen LogP contribution in [0.25, 0.3) is 0 Å². The van der Waals surface area contributed by atoms with Gasteiger partial charge < -0.3 is 4.57 Å². The molecule has 0 saturated carbocycles. The van der Waals surface area contributed by atoms with Crippen LogP contribution >= 0.6 is 0 Å². The number of nitrogens with zero attached hydrogens (tertiary/aromatic N) is 2. The van der Waals surface area contributed by atoms with Crippen LogP contribution in [0.5, 0.6) is 0 Å². The molecule has 2 rings (SSSR count). The van der Waals surface area contributed by atoms with Gasteiger partial charge in [-0.05, 0) is 6.42 Å². The summed E-state index contributed by atoms with van der Waals surface area (Å²) in [4.78, 5) is 15.9. The summed E-state index contributed by atoms with van der Waals surface area (Å²) in [5.41, 5.74) is -0.787. The van der Waals surface area contributed by atoms with Crippen molar-refractivity contribution in [2.45, 2.75) is 19.9 Å². The summed E-state index contributed by atoms with van der Waals surface area (Å²) in [5, 5.41) is 0. The molecule has 0 fully saturated rings. The summed E-state index contributed by atoms with van der Waals surface area (Å²) in [6.45, 7) is 2.40. The summed E-state index contributed by atoms with van der Waals surface area (Å²) in [5.74, 6) is -4.48. The maximum absolute atomic E-state index is 13.5. The van der Waals surface area contributed by atoms with Gasteiger partial charge in [0.05, 0.1) is 5.56 Å². The minimum absolute atomic E-state index is 0.0636. The Morgan fingerprint density at radius 3 is 2.47 bits per heavy atom. The molecular formula is C13H11F3N2O. The standard InChI is InChI=1S/C13H11F3N2O/c1-2-4-18-5-3-17-13(18)12(19)11-9(15)6-8(14)7-10(11)16/h3,5-7H,2,4H2,1H3. The van der Waals surface area contributed by atoms with Crippen molar-refractivity contribution in [3.63, 3.8) is 0 Å². The van der Waals surface area contributed by atoms with E-state index in [0.717, 1.165) is 6.42 Å². The first-order valence-corrected chi connectivity index (χ1v) is 5.75. The first kappa shape index (κ1) is 13.3. The highest BCUT2D eigenvalue weighted by atomic mass is 19.1. The number of hydrogen-bond acceptors (Lipinski definition) is 2. The van der Waals surface area contributed by atoms with Crippen LogP contribution in [0, 0.1) is 17.5 Å². The molecule has 6 heteroatoms. The Morgan fingerprint density at radius 1 is 1.26 bits per heavy atom. The fourth-order valence-electron chi connectivity index (χ4n) is 1.81. The van der Waals surface area contributed by atoms with Crippen LogP contribution in [-0.2, 0) is 6.54 Å². The number of halogens is 3. The van der Waals surface area contributed by atoms with Gasteiger partial charge >= 0.3 is 0 Å². The molecule has 0 amide bonds. The number of aryl methyl sites for hydroxylation is 1. The normalized spacial score (nSPS) is 10.7. The molecular weight excluding hydrogens is 257 g/mol. The lowest BCUT2D eigenvalue weighted by Crippen LogP contribution is -2.14. The Labute approximate surface area is 107 Å². The van der Waals surface area contributed by atoms with Crippen molar-refractivity contribution in [2.75, 3.05) is 0 Å². The molecule has 1 aromatic heterocycles. The third kappa shape index (κ3) is 2.52. The van der Waals surface area contributed by atoms with Crippen molar-refractivity contribution in [3.05, 3.63) is 53.4 Å². The molecule has 0 N–H and O–H groups in total. The first-order valence-electron chi connectivity index (χ1n) is 5.75. The van der Waals surface area contributed by atoms with Crippen LogP contribution in [0.2, 0.25) is 0 Å². The molecule has 0 bridgehead atoms. The van der Waals surface area contributed by atoms with Crippen LogP contribution in [0.4, 0.5) is 13.2 Å². The molecule has 0 atom stereocenters. The van der Waals surface area contributed by atoms with Crippen LogP contribution in [-0.4, -0.2) is 15.3 Å². The highest BCUT2D eigenvalue weighted by Gasteiger charge is 2.23. The van der Waals surface area contributed by atoms with E-state index in [1.807, 2.05) is 6.92 Å². The van der Waals surface area contributed by atoms with Crippen molar-refractivity contribution >= 4 is 5.78 Å². The first-order chi connectivity index (χ1) is 9.04. The quantitative estimate of drug-likeness (QED) is 0.799. The topological polar surface area (TPSA) is 34.9 Å². The second-order valence-electron chi connectivity index (χ2n) is 4.02. The lowest BCUT2D eigenvalue weighted by Gasteiger charge is -2.07. The van der Waals surface area contributed by atoms with E-state index < -0.39 is 28.8 Å². The molecule has 1 aromatic carbocycles. The summed E-state index contributed by atoms with van der Waals surface area (Å²) < 4.78 is 41.4. The minimum Gasteiger partial charge on any atom is -0.328 e. The summed E-state index contributed by atoms with van der Waals surface area (Å²) in [7, 11) is 0. The summed E-state index contributed by atoms with van der Waals surface area (Å²) in [6, 6.07) is 0.951. The predicted molar refractivity (Wildman–Crippen MR) is 62.3 cm³/mol. The average molecular weight is 268 g/mol. The Bertz CT molecular complexity index is 599. The van der Waals surface area contributed by atoms with E-state index >= 15 is 0 Å². The maximum Gasteiger partial charge on any atom is 0.234 e. The SMILES string of the molecule is CCCn1ccnc1C(=O)c1c(F)cc(F)cc1F. The third-order valence-corrected chi connectivity index (χ3v) is 2.62. The number of carbonyl (C=O) groups is 1. The van der Waals surface area contributed by atoms with Crippen LogP contribution in [0.1, 0.15) is 29.5 Å². The van der Waals surface area contributed by atoms with Gasteiger partial charge in [0.15, 0.2) is 5.82 Å². The fourth-order valence-corrected chi connectivity index (χ4v) is 1.81. The van der Waals surface area contributed by atoms with Crippen molar-refractivity contribution in [1.82, 2.24) is 9.55 Å². The Morgan fingerprint density at radius 2 is 1.89 bits per heavy atom.